The first-order valence-corrected chi connectivity index (χ1v) is 8.28. The van der Waals surface area contributed by atoms with Crippen LogP contribution in [0.4, 0.5) is 0 Å². The third-order valence-electron chi connectivity index (χ3n) is 3.22. The second-order valence-electron chi connectivity index (χ2n) is 4.66. The lowest BCUT2D eigenvalue weighted by molar-refractivity contribution is 0.563. The molecule has 108 valence electrons. The van der Waals surface area contributed by atoms with Crippen molar-refractivity contribution < 1.29 is 0 Å². The average Bonchev–Trinajstić information content (AvgIpc) is 2.92. The number of hydrogen-bond donors (Lipinski definition) is 1. The number of halogens is 1. The van der Waals surface area contributed by atoms with Gasteiger partial charge in [-0.05, 0) is 65.1 Å². The molecule has 0 bridgehead atoms. The topological polar surface area (TPSA) is 46.9 Å². The zero-order chi connectivity index (χ0) is 14.5. The van der Waals surface area contributed by atoms with Gasteiger partial charge in [0.1, 0.15) is 0 Å². The van der Waals surface area contributed by atoms with E-state index in [1.54, 1.807) is 15.9 Å². The summed E-state index contributed by atoms with van der Waals surface area (Å²) in [5.41, 5.74) is 2.86. The molecule has 0 amide bonds. The van der Waals surface area contributed by atoms with Crippen LogP contribution >= 0.6 is 27.3 Å². The van der Waals surface area contributed by atoms with E-state index in [0.717, 1.165) is 35.4 Å². The van der Waals surface area contributed by atoms with Gasteiger partial charge in [-0.15, -0.1) is 0 Å². The van der Waals surface area contributed by atoms with Gasteiger partial charge in [-0.3, -0.25) is 4.57 Å². The molecule has 0 saturated heterocycles. The number of hydrogen-bond acceptors (Lipinski definition) is 4. The van der Waals surface area contributed by atoms with E-state index in [4.69, 9.17) is 0 Å². The average molecular weight is 356 g/mol. The zero-order valence-electron chi connectivity index (χ0n) is 11.6. The first kappa shape index (κ1) is 15.4. The van der Waals surface area contributed by atoms with Crippen molar-refractivity contribution in [2.45, 2.75) is 26.8 Å². The van der Waals surface area contributed by atoms with Crippen LogP contribution in [0.25, 0.3) is 0 Å². The molecule has 1 N–H and O–H groups in total. The minimum atomic E-state index is -0.178. The molecular formula is C14H18BrN3OS. The predicted octanol–water partition coefficient (Wildman–Crippen LogP) is 2.52. The molecule has 0 saturated carbocycles. The Morgan fingerprint density at radius 2 is 2.20 bits per heavy atom. The summed E-state index contributed by atoms with van der Waals surface area (Å²) in [6.07, 6.45) is 1.02. The van der Waals surface area contributed by atoms with Crippen molar-refractivity contribution >= 4 is 27.3 Å². The summed E-state index contributed by atoms with van der Waals surface area (Å²) in [5.74, 6) is 0. The van der Waals surface area contributed by atoms with Gasteiger partial charge >= 0.3 is 5.69 Å². The minimum Gasteiger partial charge on any atom is -0.315 e. The highest BCUT2D eigenvalue weighted by atomic mass is 79.9. The second kappa shape index (κ2) is 7.15. The molecule has 0 aliphatic heterocycles. The van der Waals surface area contributed by atoms with Crippen LogP contribution in [0.2, 0.25) is 0 Å². The van der Waals surface area contributed by atoms with E-state index in [9.17, 15) is 4.79 Å². The maximum Gasteiger partial charge on any atom is 0.348 e. The molecular weight excluding hydrogens is 338 g/mol. The zero-order valence-corrected chi connectivity index (χ0v) is 14.1. The highest BCUT2D eigenvalue weighted by Crippen LogP contribution is 2.16. The molecule has 0 aliphatic rings. The van der Waals surface area contributed by atoms with Gasteiger partial charge in [0.15, 0.2) is 0 Å². The fraction of sp³-hybridized carbons (Fsp3) is 0.429. The summed E-state index contributed by atoms with van der Waals surface area (Å²) >= 11 is 5.19. The van der Waals surface area contributed by atoms with Crippen molar-refractivity contribution in [3.8, 4) is 0 Å². The Kier molecular flexibility index (Phi) is 5.51. The van der Waals surface area contributed by atoms with E-state index < -0.39 is 0 Å². The Morgan fingerprint density at radius 3 is 2.90 bits per heavy atom. The van der Waals surface area contributed by atoms with E-state index in [1.807, 2.05) is 13.8 Å². The van der Waals surface area contributed by atoms with Crippen molar-refractivity contribution in [3.63, 3.8) is 0 Å². The van der Waals surface area contributed by atoms with Gasteiger partial charge in [0.25, 0.3) is 0 Å². The third kappa shape index (κ3) is 3.77. The molecule has 20 heavy (non-hydrogen) atoms. The largest absolute Gasteiger partial charge is 0.348 e. The molecule has 0 unspecified atom stereocenters. The van der Waals surface area contributed by atoms with E-state index >= 15 is 0 Å². The smallest absolute Gasteiger partial charge is 0.315 e. The first-order valence-electron chi connectivity index (χ1n) is 6.55. The Balaban J connectivity index is 1.85. The predicted molar refractivity (Wildman–Crippen MR) is 86.6 cm³/mol. The molecule has 2 rings (SSSR count). The van der Waals surface area contributed by atoms with E-state index in [-0.39, 0.29) is 5.69 Å². The van der Waals surface area contributed by atoms with Crippen molar-refractivity contribution in [1.29, 1.82) is 0 Å². The quantitative estimate of drug-likeness (QED) is 0.809. The fourth-order valence-electron chi connectivity index (χ4n) is 2.02. The lowest BCUT2D eigenvalue weighted by Crippen LogP contribution is -2.31. The standard InChI is InChI=1S/C14H18BrN3OS/c1-10-13(15)11(2)18(14(19)17-10)7-6-16-5-3-12-4-8-20-9-12/h4,8-9,16H,3,5-7H2,1-2H3. The van der Waals surface area contributed by atoms with Gasteiger partial charge in [-0.2, -0.15) is 16.3 Å². The Labute approximate surface area is 131 Å². The molecule has 4 nitrogen and oxygen atoms in total. The molecule has 0 atom stereocenters. The maximum absolute atomic E-state index is 11.9. The lowest BCUT2D eigenvalue weighted by Gasteiger charge is -2.12. The third-order valence-corrected chi connectivity index (χ3v) is 5.10. The number of rotatable bonds is 6. The van der Waals surface area contributed by atoms with E-state index in [0.29, 0.717) is 6.54 Å². The van der Waals surface area contributed by atoms with Crippen LogP contribution in [-0.2, 0) is 13.0 Å². The first-order chi connectivity index (χ1) is 9.59. The fourth-order valence-corrected chi connectivity index (χ4v) is 3.03. The lowest BCUT2D eigenvalue weighted by atomic mass is 10.2. The molecule has 6 heteroatoms. The van der Waals surface area contributed by atoms with Crippen molar-refractivity contribution in [1.82, 2.24) is 14.9 Å². The molecule has 0 radical (unpaired) electrons. The SMILES string of the molecule is Cc1nc(=O)n(CCNCCc2ccsc2)c(C)c1Br. The van der Waals surface area contributed by atoms with Crippen LogP contribution in [0.1, 0.15) is 17.0 Å². The molecule has 0 fully saturated rings. The van der Waals surface area contributed by atoms with Crippen molar-refractivity contribution in [2.75, 3.05) is 13.1 Å². The molecule has 0 aliphatic carbocycles. The van der Waals surface area contributed by atoms with Gasteiger partial charge in [-0.1, -0.05) is 0 Å². The van der Waals surface area contributed by atoms with Crippen LogP contribution in [0.3, 0.4) is 0 Å². The van der Waals surface area contributed by atoms with Crippen LogP contribution in [0.15, 0.2) is 26.1 Å². The van der Waals surface area contributed by atoms with Crippen LogP contribution in [0.5, 0.6) is 0 Å². The Bertz CT molecular complexity index is 622. The highest BCUT2D eigenvalue weighted by Gasteiger charge is 2.08. The van der Waals surface area contributed by atoms with Crippen molar-refractivity contribution in [2.24, 2.45) is 0 Å². The number of nitrogens with zero attached hydrogens (tertiary/aromatic N) is 2. The normalized spacial score (nSPS) is 10.9. The van der Waals surface area contributed by atoms with Crippen LogP contribution in [0, 0.1) is 13.8 Å². The molecule has 0 aromatic carbocycles. The summed E-state index contributed by atoms with van der Waals surface area (Å²) in [4.78, 5) is 15.9. The van der Waals surface area contributed by atoms with Gasteiger partial charge in [0.05, 0.1) is 10.2 Å². The number of nitrogens with one attached hydrogen (secondary N) is 1. The Morgan fingerprint density at radius 1 is 1.40 bits per heavy atom. The molecule has 2 aromatic heterocycles. The Hall–Kier alpha value is -0.980. The summed E-state index contributed by atoms with van der Waals surface area (Å²) in [6.45, 7) is 6.10. The number of aryl methyl sites for hydroxylation is 1. The summed E-state index contributed by atoms with van der Waals surface area (Å²) in [5, 5.41) is 7.62. The van der Waals surface area contributed by atoms with Crippen molar-refractivity contribution in [3.05, 3.63) is 48.7 Å². The van der Waals surface area contributed by atoms with Crippen LogP contribution in [-0.4, -0.2) is 22.6 Å². The van der Waals surface area contributed by atoms with Gasteiger partial charge in [0.2, 0.25) is 0 Å². The highest BCUT2D eigenvalue weighted by molar-refractivity contribution is 9.10. The van der Waals surface area contributed by atoms with Gasteiger partial charge in [0, 0.05) is 18.8 Å². The second-order valence-corrected chi connectivity index (χ2v) is 6.24. The monoisotopic (exact) mass is 355 g/mol. The summed E-state index contributed by atoms with van der Waals surface area (Å²) < 4.78 is 2.62. The number of thiophene rings is 1. The van der Waals surface area contributed by atoms with Gasteiger partial charge in [-0.25, -0.2) is 4.79 Å². The van der Waals surface area contributed by atoms with Crippen LogP contribution < -0.4 is 11.0 Å². The number of aromatic nitrogens is 2. The molecule has 2 heterocycles. The maximum atomic E-state index is 11.9. The van der Waals surface area contributed by atoms with E-state index in [2.05, 4.69) is 43.1 Å². The van der Waals surface area contributed by atoms with Gasteiger partial charge < -0.3 is 5.32 Å². The van der Waals surface area contributed by atoms with E-state index in [1.165, 1.54) is 5.56 Å². The minimum absolute atomic E-state index is 0.178. The summed E-state index contributed by atoms with van der Waals surface area (Å²) in [7, 11) is 0. The molecule has 0 spiro atoms. The molecule has 2 aromatic rings. The summed E-state index contributed by atoms with van der Waals surface area (Å²) in [6, 6.07) is 2.14.